The van der Waals surface area contributed by atoms with Crippen molar-refractivity contribution in [2.75, 3.05) is 13.2 Å². The van der Waals surface area contributed by atoms with Crippen LogP contribution in [0.25, 0.3) is 0 Å². The van der Waals surface area contributed by atoms with Crippen molar-refractivity contribution in [3.63, 3.8) is 0 Å². The van der Waals surface area contributed by atoms with Gasteiger partial charge in [0.15, 0.2) is 0 Å². The van der Waals surface area contributed by atoms with E-state index in [0.29, 0.717) is 6.42 Å². The zero-order chi connectivity index (χ0) is 15.2. The third-order valence-corrected chi connectivity index (χ3v) is 3.31. The van der Waals surface area contributed by atoms with E-state index < -0.39 is 6.10 Å². The maximum atomic E-state index is 11.3. The Kier molecular flexibility index (Phi) is 13.0. The van der Waals surface area contributed by atoms with E-state index in [4.69, 9.17) is 14.9 Å². The summed E-state index contributed by atoms with van der Waals surface area (Å²) in [5, 5.41) is 17.6. The predicted octanol–water partition coefficient (Wildman–Crippen LogP) is 3.05. The first-order chi connectivity index (χ1) is 9.56. The molecule has 0 saturated carbocycles. The second-order valence-electron chi connectivity index (χ2n) is 5.93. The minimum absolute atomic E-state index is 0.106. The lowest BCUT2D eigenvalue weighted by atomic mass is 10.0. The topological polar surface area (TPSA) is 66.8 Å². The van der Waals surface area contributed by atoms with Crippen LogP contribution in [0.5, 0.6) is 0 Å². The second-order valence-corrected chi connectivity index (χ2v) is 5.93. The molecule has 1 unspecified atom stereocenters. The van der Waals surface area contributed by atoms with Crippen LogP contribution >= 0.6 is 0 Å². The first-order valence-electron chi connectivity index (χ1n) is 8.00. The first kappa shape index (κ1) is 19.4. The van der Waals surface area contributed by atoms with Gasteiger partial charge in [-0.3, -0.25) is 4.79 Å². The van der Waals surface area contributed by atoms with Gasteiger partial charge in [-0.15, -0.1) is 0 Å². The van der Waals surface area contributed by atoms with Gasteiger partial charge in [0.2, 0.25) is 0 Å². The quantitative estimate of drug-likeness (QED) is 0.404. The molecule has 20 heavy (non-hydrogen) atoms. The van der Waals surface area contributed by atoms with Crippen LogP contribution < -0.4 is 0 Å². The molecule has 0 radical (unpaired) electrons. The van der Waals surface area contributed by atoms with Crippen molar-refractivity contribution in [2.45, 2.75) is 77.7 Å². The number of carbonyl (C=O) groups is 1. The number of aliphatic hydroxyl groups excluding tert-OH is 2. The van der Waals surface area contributed by atoms with Crippen molar-refractivity contribution >= 4 is 5.97 Å². The molecular weight excluding hydrogens is 256 g/mol. The number of aliphatic hydroxyl groups is 2. The maximum absolute atomic E-state index is 11.3. The Labute approximate surface area is 123 Å². The van der Waals surface area contributed by atoms with Gasteiger partial charge in [0.1, 0.15) is 12.7 Å². The molecule has 0 aromatic rings. The molecule has 0 rings (SSSR count). The van der Waals surface area contributed by atoms with E-state index in [1.807, 2.05) is 0 Å². The molecule has 0 amide bonds. The predicted molar refractivity (Wildman–Crippen MR) is 80.4 cm³/mol. The Hall–Kier alpha value is -0.610. The molecule has 0 fully saturated rings. The van der Waals surface area contributed by atoms with E-state index >= 15 is 0 Å². The molecule has 0 heterocycles. The van der Waals surface area contributed by atoms with Gasteiger partial charge in [-0.25, -0.2) is 0 Å². The van der Waals surface area contributed by atoms with Crippen LogP contribution in [-0.4, -0.2) is 35.5 Å². The molecule has 0 aliphatic rings. The first-order valence-corrected chi connectivity index (χ1v) is 8.00. The van der Waals surface area contributed by atoms with E-state index in [0.717, 1.165) is 18.8 Å². The molecule has 120 valence electrons. The number of unbranched alkanes of at least 4 members (excludes halogenated alkanes) is 6. The van der Waals surface area contributed by atoms with Crippen LogP contribution in [0.2, 0.25) is 0 Å². The van der Waals surface area contributed by atoms with Crippen LogP contribution in [0.1, 0.15) is 71.6 Å². The van der Waals surface area contributed by atoms with Gasteiger partial charge < -0.3 is 14.9 Å². The summed E-state index contributed by atoms with van der Waals surface area (Å²) >= 11 is 0. The molecule has 4 nitrogen and oxygen atoms in total. The van der Waals surface area contributed by atoms with E-state index in [9.17, 15) is 4.79 Å². The standard InChI is InChI=1S/C16H32O4/c1-14(2)10-8-6-4-3-5-7-9-11-16(19)20-13-15(18)12-17/h14-15,17-18H,3-13H2,1-2H3. The van der Waals surface area contributed by atoms with Gasteiger partial charge in [0.25, 0.3) is 0 Å². The number of rotatable bonds is 13. The summed E-state index contributed by atoms with van der Waals surface area (Å²) in [6.07, 6.45) is 9.05. The summed E-state index contributed by atoms with van der Waals surface area (Å²) < 4.78 is 4.83. The lowest BCUT2D eigenvalue weighted by Crippen LogP contribution is -2.21. The Morgan fingerprint density at radius 1 is 1.00 bits per heavy atom. The highest BCUT2D eigenvalue weighted by atomic mass is 16.5. The fraction of sp³-hybridized carbons (Fsp3) is 0.938. The Morgan fingerprint density at radius 3 is 2.10 bits per heavy atom. The summed E-state index contributed by atoms with van der Waals surface area (Å²) in [7, 11) is 0. The van der Waals surface area contributed by atoms with E-state index in [1.165, 1.54) is 38.5 Å². The third kappa shape index (κ3) is 13.8. The minimum atomic E-state index is -0.954. The van der Waals surface area contributed by atoms with Crippen molar-refractivity contribution in [1.82, 2.24) is 0 Å². The van der Waals surface area contributed by atoms with Crippen LogP contribution in [0.3, 0.4) is 0 Å². The molecule has 0 saturated heterocycles. The largest absolute Gasteiger partial charge is 0.463 e. The monoisotopic (exact) mass is 288 g/mol. The molecule has 0 spiro atoms. The average molecular weight is 288 g/mol. The summed E-state index contributed by atoms with van der Waals surface area (Å²) in [5.74, 6) is 0.528. The zero-order valence-electron chi connectivity index (χ0n) is 13.1. The summed E-state index contributed by atoms with van der Waals surface area (Å²) in [6, 6.07) is 0. The van der Waals surface area contributed by atoms with Crippen LogP contribution in [0.15, 0.2) is 0 Å². The third-order valence-electron chi connectivity index (χ3n) is 3.31. The van der Waals surface area contributed by atoms with Crippen molar-refractivity contribution < 1.29 is 19.7 Å². The highest BCUT2D eigenvalue weighted by molar-refractivity contribution is 5.69. The van der Waals surface area contributed by atoms with Crippen molar-refractivity contribution in [1.29, 1.82) is 0 Å². The van der Waals surface area contributed by atoms with Crippen molar-refractivity contribution in [3.8, 4) is 0 Å². The normalized spacial score (nSPS) is 12.7. The fourth-order valence-corrected chi connectivity index (χ4v) is 2.02. The molecule has 1 atom stereocenters. The number of carbonyl (C=O) groups excluding carboxylic acids is 1. The minimum Gasteiger partial charge on any atom is -0.463 e. The Morgan fingerprint density at radius 2 is 1.55 bits per heavy atom. The maximum Gasteiger partial charge on any atom is 0.305 e. The summed E-state index contributed by atoms with van der Waals surface area (Å²) in [6.45, 7) is 4.05. The molecule has 0 aliphatic carbocycles. The van der Waals surface area contributed by atoms with Crippen LogP contribution in [0, 0.1) is 5.92 Å². The molecule has 0 bridgehead atoms. The van der Waals surface area contributed by atoms with Gasteiger partial charge in [0.05, 0.1) is 6.61 Å². The van der Waals surface area contributed by atoms with E-state index in [2.05, 4.69) is 13.8 Å². The number of hydrogen-bond acceptors (Lipinski definition) is 4. The van der Waals surface area contributed by atoms with Gasteiger partial charge in [0, 0.05) is 6.42 Å². The highest BCUT2D eigenvalue weighted by Crippen LogP contribution is 2.12. The molecular formula is C16H32O4. The molecule has 4 heteroatoms. The van der Waals surface area contributed by atoms with E-state index in [-0.39, 0.29) is 19.2 Å². The summed E-state index contributed by atoms with van der Waals surface area (Å²) in [5.41, 5.74) is 0. The highest BCUT2D eigenvalue weighted by Gasteiger charge is 2.07. The second kappa shape index (κ2) is 13.4. The van der Waals surface area contributed by atoms with Crippen LogP contribution in [-0.2, 0) is 9.53 Å². The van der Waals surface area contributed by atoms with Crippen LogP contribution in [0.4, 0.5) is 0 Å². The van der Waals surface area contributed by atoms with Crippen molar-refractivity contribution in [3.05, 3.63) is 0 Å². The number of ether oxygens (including phenoxy) is 1. The SMILES string of the molecule is CC(C)CCCCCCCCCC(=O)OCC(O)CO. The lowest BCUT2D eigenvalue weighted by Gasteiger charge is -2.08. The Balaban J connectivity index is 3.21. The fourth-order valence-electron chi connectivity index (χ4n) is 2.02. The molecule has 2 N–H and O–H groups in total. The molecule has 0 aliphatic heterocycles. The lowest BCUT2D eigenvalue weighted by molar-refractivity contribution is -0.147. The number of hydrogen-bond donors (Lipinski definition) is 2. The summed E-state index contributed by atoms with van der Waals surface area (Å²) in [4.78, 5) is 11.3. The van der Waals surface area contributed by atoms with Gasteiger partial charge in [-0.2, -0.15) is 0 Å². The zero-order valence-corrected chi connectivity index (χ0v) is 13.1. The van der Waals surface area contributed by atoms with Gasteiger partial charge >= 0.3 is 5.97 Å². The average Bonchev–Trinajstić information content (AvgIpc) is 2.42. The number of esters is 1. The van der Waals surface area contributed by atoms with Crippen molar-refractivity contribution in [2.24, 2.45) is 5.92 Å². The van der Waals surface area contributed by atoms with Gasteiger partial charge in [-0.1, -0.05) is 58.8 Å². The van der Waals surface area contributed by atoms with E-state index in [1.54, 1.807) is 0 Å². The molecule has 0 aromatic carbocycles. The molecule has 0 aromatic heterocycles. The van der Waals surface area contributed by atoms with Gasteiger partial charge in [-0.05, 0) is 12.3 Å². The Bertz CT molecular complexity index is 229. The smallest absolute Gasteiger partial charge is 0.305 e.